The number of anilines is 2. The summed E-state index contributed by atoms with van der Waals surface area (Å²) in [5, 5.41) is 20.7. The van der Waals surface area contributed by atoms with E-state index in [9.17, 15) is 10.2 Å². The molecule has 9 rings (SSSR count). The highest BCUT2D eigenvalue weighted by Gasteiger charge is 2.53. The molecule has 4 heteroatoms. The predicted molar refractivity (Wildman–Crippen MR) is 156 cm³/mol. The van der Waals surface area contributed by atoms with Gasteiger partial charge < -0.3 is 21.7 Å². The summed E-state index contributed by atoms with van der Waals surface area (Å²) in [4.78, 5) is 0. The van der Waals surface area contributed by atoms with Crippen molar-refractivity contribution in [3.8, 4) is 22.6 Å². The van der Waals surface area contributed by atoms with E-state index in [2.05, 4.69) is 42.5 Å². The number of nitrogens with two attached hydrogens (primary N) is 2. The zero-order valence-corrected chi connectivity index (χ0v) is 22.0. The Balaban J connectivity index is 1.44. The van der Waals surface area contributed by atoms with Gasteiger partial charge in [0.15, 0.2) is 0 Å². The highest BCUT2D eigenvalue weighted by atomic mass is 16.3. The molecule has 0 atom stereocenters. The SMILES string of the molecule is Nc1cc(C2(c3ccc(O)c(N)c3)c3ccccc3-c3ccc(C45CC6CC(CC(C6)C4)C5)cc32)ccc1O. The number of hydrogen-bond acceptors (Lipinski definition) is 4. The van der Waals surface area contributed by atoms with Crippen LogP contribution in [0.15, 0.2) is 78.9 Å². The fourth-order valence-electron chi connectivity index (χ4n) is 9.44. The molecule has 4 bridgehead atoms. The highest BCUT2D eigenvalue weighted by Crippen LogP contribution is 2.63. The monoisotopic (exact) mass is 514 g/mol. The standard InChI is InChI=1S/C35H34N2O2/c36-30-15-24(6-9-32(30)38)35(25-7-10-33(39)31(37)16-25)28-4-2-1-3-26(28)27-8-5-23(14-29(27)35)34-17-20-11-21(18-34)13-22(12-20)19-34/h1-10,14-16,20-22,38-39H,11-13,17-19,36-37H2. The zero-order chi connectivity index (χ0) is 26.5. The molecule has 39 heavy (non-hydrogen) atoms. The van der Waals surface area contributed by atoms with Gasteiger partial charge in [0.2, 0.25) is 0 Å². The molecule has 0 saturated heterocycles. The molecule has 0 spiro atoms. The number of aromatic hydroxyl groups is 2. The molecule has 0 radical (unpaired) electrons. The van der Waals surface area contributed by atoms with Crippen LogP contribution in [0.5, 0.6) is 11.5 Å². The Labute approximate surface area is 229 Å². The highest BCUT2D eigenvalue weighted by molar-refractivity contribution is 5.87. The number of hydrogen-bond donors (Lipinski definition) is 4. The number of nitrogen functional groups attached to an aromatic ring is 2. The Morgan fingerprint density at radius 2 is 1.08 bits per heavy atom. The quantitative estimate of drug-likeness (QED) is 0.153. The van der Waals surface area contributed by atoms with Crippen LogP contribution in [0, 0.1) is 17.8 Å². The molecule has 0 aromatic heterocycles. The Hall–Kier alpha value is -3.92. The fraction of sp³-hybridized carbons (Fsp3) is 0.314. The minimum atomic E-state index is -0.687. The van der Waals surface area contributed by atoms with E-state index >= 15 is 0 Å². The van der Waals surface area contributed by atoms with E-state index in [0.29, 0.717) is 11.4 Å². The Morgan fingerprint density at radius 3 is 1.64 bits per heavy atom. The average Bonchev–Trinajstić information content (AvgIpc) is 3.22. The number of fused-ring (bicyclic) bond motifs is 3. The van der Waals surface area contributed by atoms with Gasteiger partial charge in [0.25, 0.3) is 0 Å². The van der Waals surface area contributed by atoms with Crippen molar-refractivity contribution in [2.75, 3.05) is 11.5 Å². The summed E-state index contributed by atoms with van der Waals surface area (Å²) in [6.07, 6.45) is 8.15. The molecule has 4 saturated carbocycles. The minimum absolute atomic E-state index is 0.0768. The van der Waals surface area contributed by atoms with Crippen LogP contribution in [0.4, 0.5) is 11.4 Å². The smallest absolute Gasteiger partial charge is 0.138 e. The van der Waals surface area contributed by atoms with Crippen LogP contribution in [-0.4, -0.2) is 10.2 Å². The molecule has 196 valence electrons. The summed E-state index contributed by atoms with van der Waals surface area (Å²) >= 11 is 0. The van der Waals surface area contributed by atoms with Gasteiger partial charge in [-0.2, -0.15) is 0 Å². The largest absolute Gasteiger partial charge is 0.506 e. The first-order valence-electron chi connectivity index (χ1n) is 14.3. The van der Waals surface area contributed by atoms with Crippen molar-refractivity contribution >= 4 is 11.4 Å². The van der Waals surface area contributed by atoms with Crippen LogP contribution in [0.2, 0.25) is 0 Å². The summed E-state index contributed by atoms with van der Waals surface area (Å²) in [6, 6.07) is 27.0. The van der Waals surface area contributed by atoms with E-state index in [1.54, 1.807) is 12.1 Å². The maximum absolute atomic E-state index is 10.4. The molecule has 4 nitrogen and oxygen atoms in total. The first-order valence-corrected chi connectivity index (χ1v) is 14.3. The van der Waals surface area contributed by atoms with Crippen LogP contribution < -0.4 is 11.5 Å². The lowest BCUT2D eigenvalue weighted by Crippen LogP contribution is -2.48. The van der Waals surface area contributed by atoms with Crippen molar-refractivity contribution in [3.63, 3.8) is 0 Å². The molecule has 4 aromatic rings. The maximum Gasteiger partial charge on any atom is 0.138 e. The Morgan fingerprint density at radius 1 is 0.564 bits per heavy atom. The normalized spacial score (nSPS) is 27.3. The average molecular weight is 515 g/mol. The van der Waals surface area contributed by atoms with Crippen molar-refractivity contribution in [1.29, 1.82) is 0 Å². The lowest BCUT2D eigenvalue weighted by Gasteiger charge is -2.57. The van der Waals surface area contributed by atoms with Crippen molar-refractivity contribution in [2.24, 2.45) is 17.8 Å². The van der Waals surface area contributed by atoms with E-state index < -0.39 is 5.41 Å². The summed E-state index contributed by atoms with van der Waals surface area (Å²) in [6.45, 7) is 0. The van der Waals surface area contributed by atoms with Gasteiger partial charge in [0.1, 0.15) is 11.5 Å². The third kappa shape index (κ3) is 3.06. The number of phenols is 2. The number of phenolic OH excluding ortho intramolecular Hbond substituents is 2. The van der Waals surface area contributed by atoms with Gasteiger partial charge in [0.05, 0.1) is 16.8 Å². The molecular formula is C35H34N2O2. The topological polar surface area (TPSA) is 92.5 Å². The lowest BCUT2D eigenvalue weighted by molar-refractivity contribution is -0.00522. The van der Waals surface area contributed by atoms with E-state index in [0.717, 1.165) is 34.4 Å². The Bertz CT molecular complexity index is 1570. The molecule has 5 aliphatic carbocycles. The van der Waals surface area contributed by atoms with E-state index in [1.807, 2.05) is 24.3 Å². The van der Waals surface area contributed by atoms with Gasteiger partial charge in [0, 0.05) is 0 Å². The van der Waals surface area contributed by atoms with E-state index in [-0.39, 0.29) is 16.9 Å². The molecule has 0 heterocycles. The van der Waals surface area contributed by atoms with Crippen LogP contribution in [0.3, 0.4) is 0 Å². The van der Waals surface area contributed by atoms with Gasteiger partial charge in [-0.1, -0.05) is 54.6 Å². The van der Waals surface area contributed by atoms with Crippen molar-refractivity contribution in [3.05, 3.63) is 107 Å². The van der Waals surface area contributed by atoms with Crippen molar-refractivity contribution < 1.29 is 10.2 Å². The molecule has 6 N–H and O–H groups in total. The fourth-order valence-corrected chi connectivity index (χ4v) is 9.44. The first kappa shape index (κ1) is 23.0. The summed E-state index contributed by atoms with van der Waals surface area (Å²) in [7, 11) is 0. The molecule has 4 fully saturated rings. The number of benzene rings is 4. The van der Waals surface area contributed by atoms with Gasteiger partial charge >= 0.3 is 0 Å². The molecule has 0 amide bonds. The van der Waals surface area contributed by atoms with Gasteiger partial charge in [-0.25, -0.2) is 0 Å². The molecule has 5 aliphatic rings. The van der Waals surface area contributed by atoms with Crippen LogP contribution in [-0.2, 0) is 10.8 Å². The predicted octanol–water partition coefficient (Wildman–Crippen LogP) is 7.09. The molecule has 0 unspecified atom stereocenters. The summed E-state index contributed by atoms with van der Waals surface area (Å²) < 4.78 is 0. The third-order valence-corrected chi connectivity index (χ3v) is 10.6. The summed E-state index contributed by atoms with van der Waals surface area (Å²) in [5.74, 6) is 2.74. The minimum Gasteiger partial charge on any atom is -0.506 e. The second-order valence-corrected chi connectivity index (χ2v) is 12.8. The lowest BCUT2D eigenvalue weighted by atomic mass is 9.48. The molecular weight excluding hydrogens is 480 g/mol. The second kappa shape index (κ2) is 7.81. The van der Waals surface area contributed by atoms with Gasteiger partial charge in [-0.3, -0.25) is 0 Å². The maximum atomic E-state index is 10.4. The third-order valence-electron chi connectivity index (χ3n) is 10.6. The first-order chi connectivity index (χ1) is 18.9. The summed E-state index contributed by atoms with van der Waals surface area (Å²) in [5.41, 5.74) is 21.2. The van der Waals surface area contributed by atoms with Crippen LogP contribution in [0.25, 0.3) is 11.1 Å². The van der Waals surface area contributed by atoms with E-state index in [4.69, 9.17) is 11.5 Å². The number of rotatable bonds is 3. The van der Waals surface area contributed by atoms with Crippen LogP contribution >= 0.6 is 0 Å². The van der Waals surface area contributed by atoms with Crippen molar-refractivity contribution in [1.82, 2.24) is 0 Å². The second-order valence-electron chi connectivity index (χ2n) is 12.8. The van der Waals surface area contributed by atoms with Crippen LogP contribution in [0.1, 0.15) is 66.3 Å². The zero-order valence-electron chi connectivity index (χ0n) is 22.0. The van der Waals surface area contributed by atoms with Gasteiger partial charge in [-0.05, 0) is 125 Å². The van der Waals surface area contributed by atoms with E-state index in [1.165, 1.54) is 60.8 Å². The molecule has 4 aromatic carbocycles. The molecule has 0 aliphatic heterocycles. The van der Waals surface area contributed by atoms with Gasteiger partial charge in [-0.15, -0.1) is 0 Å². The Kier molecular flexibility index (Phi) is 4.61. The van der Waals surface area contributed by atoms with Crippen molar-refractivity contribution in [2.45, 2.75) is 49.4 Å².